The summed E-state index contributed by atoms with van der Waals surface area (Å²) in [6, 6.07) is 3.52. The molecular weight excluding hydrogens is 316 g/mol. The Morgan fingerprint density at radius 3 is 2.71 bits per heavy atom. The van der Waals surface area contributed by atoms with Crippen LogP contribution in [0.3, 0.4) is 0 Å². The topological polar surface area (TPSA) is 47.6 Å². The van der Waals surface area contributed by atoms with E-state index < -0.39 is 17.2 Å². The minimum atomic E-state index is -0.830. The summed E-state index contributed by atoms with van der Waals surface area (Å²) in [6.07, 6.45) is 4.12. The van der Waals surface area contributed by atoms with Crippen molar-refractivity contribution in [3.05, 3.63) is 35.4 Å². The van der Waals surface area contributed by atoms with Crippen LogP contribution in [0.2, 0.25) is 0 Å². The molecule has 0 aliphatic carbocycles. The highest BCUT2D eigenvalue weighted by Crippen LogP contribution is 2.34. The van der Waals surface area contributed by atoms with Crippen LogP contribution >= 0.6 is 0 Å². The summed E-state index contributed by atoms with van der Waals surface area (Å²) in [7, 11) is 0. The number of amides is 1. The van der Waals surface area contributed by atoms with E-state index in [1.165, 1.54) is 12.1 Å². The highest BCUT2D eigenvalue weighted by molar-refractivity contribution is 5.77. The molecule has 2 heterocycles. The van der Waals surface area contributed by atoms with Gasteiger partial charge in [0.05, 0.1) is 11.6 Å². The van der Waals surface area contributed by atoms with Crippen LogP contribution in [-0.2, 0) is 19.8 Å². The second-order valence-electron chi connectivity index (χ2n) is 6.54. The normalized spacial score (nSPS) is 23.2. The Morgan fingerprint density at radius 2 is 2.04 bits per heavy atom. The van der Waals surface area contributed by atoms with Gasteiger partial charge in [-0.1, -0.05) is 6.07 Å². The first kappa shape index (κ1) is 17.3. The average molecular weight is 339 g/mol. The summed E-state index contributed by atoms with van der Waals surface area (Å²) in [4.78, 5) is 12.4. The maximum atomic E-state index is 14.3. The third kappa shape index (κ3) is 3.92. The molecule has 0 saturated carbocycles. The van der Waals surface area contributed by atoms with E-state index in [0.717, 1.165) is 25.5 Å². The number of ether oxygens (including phenoxy) is 2. The monoisotopic (exact) mass is 339 g/mol. The van der Waals surface area contributed by atoms with Crippen molar-refractivity contribution in [2.24, 2.45) is 0 Å². The Kier molecular flexibility index (Phi) is 5.46. The zero-order chi connectivity index (χ0) is 17.0. The van der Waals surface area contributed by atoms with Crippen molar-refractivity contribution in [2.45, 2.75) is 50.2 Å². The summed E-state index contributed by atoms with van der Waals surface area (Å²) >= 11 is 0. The lowest BCUT2D eigenvalue weighted by Crippen LogP contribution is -2.50. The highest BCUT2D eigenvalue weighted by atomic mass is 19.1. The molecule has 1 amide bonds. The third-order valence-corrected chi connectivity index (χ3v) is 4.89. The van der Waals surface area contributed by atoms with Gasteiger partial charge in [-0.05, 0) is 38.2 Å². The van der Waals surface area contributed by atoms with Gasteiger partial charge in [0, 0.05) is 37.9 Å². The van der Waals surface area contributed by atoms with E-state index in [1.54, 1.807) is 0 Å². The second-order valence-corrected chi connectivity index (χ2v) is 6.54. The molecule has 2 aliphatic rings. The van der Waals surface area contributed by atoms with E-state index in [-0.39, 0.29) is 12.0 Å². The van der Waals surface area contributed by atoms with Crippen LogP contribution in [0.1, 0.15) is 44.1 Å². The number of rotatable bonds is 5. The minimum absolute atomic E-state index is 0.129. The zero-order valence-corrected chi connectivity index (χ0v) is 13.7. The smallest absolute Gasteiger partial charge is 0.220 e. The fraction of sp³-hybridized carbons (Fsp3) is 0.611. The molecule has 132 valence electrons. The molecule has 1 N–H and O–H groups in total. The number of halogens is 2. The molecule has 2 aliphatic heterocycles. The molecule has 0 aromatic heterocycles. The lowest BCUT2D eigenvalue weighted by atomic mass is 9.82. The van der Waals surface area contributed by atoms with Gasteiger partial charge in [0.1, 0.15) is 11.6 Å². The number of nitrogens with one attached hydrogen (secondary N) is 1. The highest BCUT2D eigenvalue weighted by Gasteiger charge is 2.38. The van der Waals surface area contributed by atoms with Gasteiger partial charge in [0.2, 0.25) is 5.91 Å². The van der Waals surface area contributed by atoms with E-state index in [9.17, 15) is 13.6 Å². The molecule has 0 spiro atoms. The van der Waals surface area contributed by atoms with Crippen molar-refractivity contribution in [1.82, 2.24) is 5.32 Å². The van der Waals surface area contributed by atoms with Gasteiger partial charge in [-0.2, -0.15) is 0 Å². The van der Waals surface area contributed by atoms with Crippen molar-refractivity contribution in [3.8, 4) is 0 Å². The number of carbonyl (C=O) groups is 1. The maximum Gasteiger partial charge on any atom is 0.220 e. The van der Waals surface area contributed by atoms with Gasteiger partial charge in [-0.25, -0.2) is 8.78 Å². The van der Waals surface area contributed by atoms with Crippen molar-refractivity contribution in [2.75, 3.05) is 19.8 Å². The summed E-state index contributed by atoms with van der Waals surface area (Å²) in [5.41, 5.74) is -0.499. The molecule has 0 radical (unpaired) electrons. The Balaban J connectivity index is 1.71. The molecule has 2 fully saturated rings. The number of benzene rings is 1. The SMILES string of the molecule is O=C(CC[C@@H]1CCCO1)NC1(c2ccc(F)cc2F)CCOCC1. The van der Waals surface area contributed by atoms with Crippen LogP contribution in [0.4, 0.5) is 8.78 Å². The largest absolute Gasteiger partial charge is 0.381 e. The van der Waals surface area contributed by atoms with Gasteiger partial charge < -0.3 is 14.8 Å². The van der Waals surface area contributed by atoms with Crippen molar-refractivity contribution < 1.29 is 23.0 Å². The standard InChI is InChI=1S/C18H23F2NO3/c19-13-3-5-15(16(20)12-13)18(7-10-23-11-8-18)21-17(22)6-4-14-2-1-9-24-14/h3,5,12,14H,1-2,4,6-11H2,(H,21,22)/t14-/m0/s1. The summed E-state index contributed by atoms with van der Waals surface area (Å²) in [6.45, 7) is 1.63. The van der Waals surface area contributed by atoms with E-state index in [0.29, 0.717) is 44.5 Å². The average Bonchev–Trinajstić information content (AvgIpc) is 3.07. The summed E-state index contributed by atoms with van der Waals surface area (Å²) < 4.78 is 38.4. The molecule has 24 heavy (non-hydrogen) atoms. The van der Waals surface area contributed by atoms with E-state index >= 15 is 0 Å². The first-order valence-corrected chi connectivity index (χ1v) is 8.55. The fourth-order valence-electron chi connectivity index (χ4n) is 3.55. The van der Waals surface area contributed by atoms with Crippen molar-refractivity contribution >= 4 is 5.91 Å². The lowest BCUT2D eigenvalue weighted by Gasteiger charge is -2.38. The van der Waals surface area contributed by atoms with Crippen LogP contribution < -0.4 is 5.32 Å². The number of hydrogen-bond donors (Lipinski definition) is 1. The molecule has 4 nitrogen and oxygen atoms in total. The first-order valence-electron chi connectivity index (χ1n) is 8.55. The Hall–Kier alpha value is -1.53. The maximum absolute atomic E-state index is 14.3. The molecule has 1 aromatic carbocycles. The third-order valence-electron chi connectivity index (χ3n) is 4.89. The number of hydrogen-bond acceptors (Lipinski definition) is 3. The molecule has 6 heteroatoms. The zero-order valence-electron chi connectivity index (χ0n) is 13.7. The van der Waals surface area contributed by atoms with Gasteiger partial charge in [-0.3, -0.25) is 4.79 Å². The Bertz CT molecular complexity index is 582. The quantitative estimate of drug-likeness (QED) is 0.897. The van der Waals surface area contributed by atoms with E-state index in [1.807, 2.05) is 0 Å². The molecule has 3 rings (SSSR count). The second kappa shape index (κ2) is 7.57. The Morgan fingerprint density at radius 1 is 1.25 bits per heavy atom. The predicted octanol–water partition coefficient (Wildman–Crippen LogP) is 3.05. The Labute approximate surface area is 140 Å². The molecular formula is C18H23F2NO3. The van der Waals surface area contributed by atoms with Crippen molar-refractivity contribution in [3.63, 3.8) is 0 Å². The fourth-order valence-corrected chi connectivity index (χ4v) is 3.55. The van der Waals surface area contributed by atoms with Crippen LogP contribution in [0, 0.1) is 11.6 Å². The van der Waals surface area contributed by atoms with Crippen LogP contribution in [0.15, 0.2) is 18.2 Å². The summed E-state index contributed by atoms with van der Waals surface area (Å²) in [5, 5.41) is 3.00. The van der Waals surface area contributed by atoms with E-state index in [2.05, 4.69) is 5.32 Å². The molecule has 1 atom stereocenters. The number of carbonyl (C=O) groups excluding carboxylic acids is 1. The lowest BCUT2D eigenvalue weighted by molar-refractivity contribution is -0.125. The summed E-state index contributed by atoms with van der Waals surface area (Å²) in [5.74, 6) is -1.38. The van der Waals surface area contributed by atoms with Gasteiger partial charge in [0.15, 0.2) is 0 Å². The van der Waals surface area contributed by atoms with Gasteiger partial charge in [-0.15, -0.1) is 0 Å². The molecule has 0 bridgehead atoms. The molecule has 0 unspecified atom stereocenters. The van der Waals surface area contributed by atoms with Crippen LogP contribution in [0.25, 0.3) is 0 Å². The molecule has 2 saturated heterocycles. The first-order chi connectivity index (χ1) is 11.6. The predicted molar refractivity (Wildman–Crippen MR) is 84.4 cm³/mol. The van der Waals surface area contributed by atoms with Gasteiger partial charge in [0.25, 0.3) is 0 Å². The van der Waals surface area contributed by atoms with Gasteiger partial charge >= 0.3 is 0 Å². The van der Waals surface area contributed by atoms with Crippen molar-refractivity contribution in [1.29, 1.82) is 0 Å². The van der Waals surface area contributed by atoms with E-state index in [4.69, 9.17) is 9.47 Å². The van der Waals surface area contributed by atoms with Crippen LogP contribution in [0.5, 0.6) is 0 Å². The molecule has 1 aromatic rings. The van der Waals surface area contributed by atoms with Crippen LogP contribution in [-0.4, -0.2) is 31.8 Å². The minimum Gasteiger partial charge on any atom is -0.381 e.